The van der Waals surface area contributed by atoms with Crippen molar-refractivity contribution in [2.45, 2.75) is 85.6 Å². The molecular weight excluding hydrogens is 836 g/mol. The van der Waals surface area contributed by atoms with Crippen molar-refractivity contribution in [3.8, 4) is 23.0 Å². The van der Waals surface area contributed by atoms with Crippen LogP contribution in [0.5, 0.6) is 23.0 Å². The van der Waals surface area contributed by atoms with Gasteiger partial charge in [-0.3, -0.25) is 24.2 Å². The number of likely N-dealkylation sites (tertiary alicyclic amines) is 2. The van der Waals surface area contributed by atoms with E-state index >= 15 is 0 Å². The molecule has 2 atom stereocenters. The van der Waals surface area contributed by atoms with Crippen molar-refractivity contribution in [3.05, 3.63) is 119 Å². The standard InChI is InChI=1S/C26H33NO4.C24H29NO4.CH2O2.ClH/c1-4-29-25(28)26(2,3)21-13-15-27(16-14-21)17-19-9-11-20(12-10-19)24-18-30-22-7-5-6-8-23(22)31-24;1-24(2,23(26)27)19-11-13-25(14-12-19)15-17-7-9-18(10-8-17)22-16-28-20-5-3-4-6-21(20)29-22;2-1-3;/h5-12,21,24H,4,13-18H2,1-3H3;3-10,19,22H,11-16H2,1-2H3,(H,26,27);1H,(H,2,3);1H/t24-;22-;;/m11../s1. The number of fused-ring (bicyclic) bond motifs is 2. The Bertz CT molecular complexity index is 2100. The van der Waals surface area contributed by atoms with Crippen LogP contribution in [-0.4, -0.2) is 84.4 Å². The van der Waals surface area contributed by atoms with Gasteiger partial charge in [-0.2, -0.15) is 0 Å². The Kier molecular flexibility index (Phi) is 17.9. The Morgan fingerprint density at radius 2 is 1.00 bits per heavy atom. The molecule has 64 heavy (non-hydrogen) atoms. The molecule has 0 spiro atoms. The second kappa shape index (κ2) is 23.1. The summed E-state index contributed by atoms with van der Waals surface area (Å²) in [5.74, 6) is 3.06. The van der Waals surface area contributed by atoms with Crippen LogP contribution >= 0.6 is 12.4 Å². The molecule has 0 aromatic heterocycles. The quantitative estimate of drug-likeness (QED) is 0.109. The number of carbonyl (C=O) groups excluding carboxylic acids is 1. The first-order valence-electron chi connectivity index (χ1n) is 22.2. The van der Waals surface area contributed by atoms with Gasteiger partial charge in [0.1, 0.15) is 13.2 Å². The zero-order valence-corrected chi connectivity index (χ0v) is 38.6. The minimum absolute atomic E-state index is 0. The number of piperidine rings is 2. The second-order valence-electron chi connectivity index (χ2n) is 17.9. The van der Waals surface area contributed by atoms with Crippen molar-refractivity contribution in [2.24, 2.45) is 22.7 Å². The Balaban J connectivity index is 0.000000224. The van der Waals surface area contributed by atoms with Crippen molar-refractivity contribution in [2.75, 3.05) is 46.0 Å². The average Bonchev–Trinajstić information content (AvgIpc) is 3.30. The monoisotopic (exact) mass is 900 g/mol. The molecule has 8 rings (SSSR count). The Hall–Kier alpha value is -5.30. The number of hydrogen-bond acceptors (Lipinski definition) is 10. The van der Waals surface area contributed by atoms with E-state index in [9.17, 15) is 14.7 Å². The van der Waals surface area contributed by atoms with Gasteiger partial charge in [-0.05, 0) is 145 Å². The van der Waals surface area contributed by atoms with Gasteiger partial charge in [0, 0.05) is 13.1 Å². The number of ether oxygens (including phenoxy) is 5. The largest absolute Gasteiger partial charge is 0.485 e. The van der Waals surface area contributed by atoms with E-state index in [0.717, 1.165) is 99.1 Å². The van der Waals surface area contributed by atoms with E-state index in [2.05, 4.69) is 58.3 Å². The minimum Gasteiger partial charge on any atom is -0.485 e. The topological polar surface area (TPSA) is 144 Å². The third kappa shape index (κ3) is 12.7. The summed E-state index contributed by atoms with van der Waals surface area (Å²) in [6.45, 7) is 16.6. The molecular formula is C51H65ClN2O10. The van der Waals surface area contributed by atoms with Gasteiger partial charge in [-0.1, -0.05) is 72.8 Å². The predicted molar refractivity (Wildman–Crippen MR) is 247 cm³/mol. The summed E-state index contributed by atoms with van der Waals surface area (Å²) in [7, 11) is 0. The third-order valence-electron chi connectivity index (χ3n) is 13.1. The molecule has 2 fully saturated rings. The van der Waals surface area contributed by atoms with E-state index in [-0.39, 0.29) is 43.0 Å². The van der Waals surface area contributed by atoms with E-state index in [1.807, 2.05) is 83.1 Å². The van der Waals surface area contributed by atoms with E-state index in [4.69, 9.17) is 33.6 Å². The number of benzene rings is 4. The molecule has 346 valence electrons. The first-order chi connectivity index (χ1) is 30.3. The molecule has 4 aromatic rings. The van der Waals surface area contributed by atoms with Crippen LogP contribution < -0.4 is 18.9 Å². The summed E-state index contributed by atoms with van der Waals surface area (Å²) in [5, 5.41) is 16.3. The van der Waals surface area contributed by atoms with Gasteiger partial charge in [-0.15, -0.1) is 12.4 Å². The van der Waals surface area contributed by atoms with Crippen molar-refractivity contribution in [1.82, 2.24) is 9.80 Å². The van der Waals surface area contributed by atoms with Crippen molar-refractivity contribution in [1.29, 1.82) is 0 Å². The highest BCUT2D eigenvalue weighted by Gasteiger charge is 2.40. The molecule has 2 saturated heterocycles. The summed E-state index contributed by atoms with van der Waals surface area (Å²) in [4.78, 5) is 37.1. The van der Waals surface area contributed by atoms with Gasteiger partial charge in [0.25, 0.3) is 6.47 Å². The maximum Gasteiger partial charge on any atom is 0.311 e. The number of esters is 1. The van der Waals surface area contributed by atoms with Crippen LogP contribution in [0.4, 0.5) is 0 Å². The SMILES string of the molecule is CC(C)(C(=O)O)C1CCN(Cc2ccc([C@H]3COc4ccccc4O3)cc2)CC1.CCOC(=O)C(C)(C)C1CCN(Cc2ccc([C@H]3COc4ccccc4O3)cc2)CC1.Cl.O=CO. The highest BCUT2D eigenvalue weighted by Crippen LogP contribution is 2.39. The first kappa shape index (κ1) is 49.7. The van der Waals surface area contributed by atoms with Crippen LogP contribution in [0.15, 0.2) is 97.1 Å². The molecule has 0 unspecified atom stereocenters. The zero-order valence-electron chi connectivity index (χ0n) is 37.8. The molecule has 0 bridgehead atoms. The normalized spacial score (nSPS) is 19.0. The average molecular weight is 902 g/mol. The predicted octanol–water partition coefficient (Wildman–Crippen LogP) is 9.64. The van der Waals surface area contributed by atoms with Gasteiger partial charge in [0.05, 0.1) is 17.4 Å². The summed E-state index contributed by atoms with van der Waals surface area (Å²) >= 11 is 0. The third-order valence-corrected chi connectivity index (χ3v) is 13.1. The number of para-hydroxylation sites is 4. The lowest BCUT2D eigenvalue weighted by atomic mass is 9.73. The molecule has 0 saturated carbocycles. The number of aliphatic carboxylic acids is 1. The molecule has 2 N–H and O–H groups in total. The smallest absolute Gasteiger partial charge is 0.311 e. The molecule has 13 heteroatoms. The van der Waals surface area contributed by atoms with Crippen LogP contribution in [0.25, 0.3) is 0 Å². The molecule has 0 radical (unpaired) electrons. The lowest BCUT2D eigenvalue weighted by Crippen LogP contribution is -2.42. The van der Waals surface area contributed by atoms with Crippen molar-refractivity contribution >= 4 is 30.8 Å². The molecule has 4 aliphatic heterocycles. The molecule has 12 nitrogen and oxygen atoms in total. The number of rotatable bonds is 11. The fraction of sp³-hybridized carbons (Fsp3) is 0.471. The van der Waals surface area contributed by atoms with Crippen LogP contribution in [0.3, 0.4) is 0 Å². The Morgan fingerprint density at radius 1 is 0.641 bits per heavy atom. The molecule has 0 amide bonds. The first-order valence-corrected chi connectivity index (χ1v) is 22.2. The lowest BCUT2D eigenvalue weighted by molar-refractivity contribution is -0.158. The van der Waals surface area contributed by atoms with E-state index < -0.39 is 16.8 Å². The molecule has 4 aromatic carbocycles. The molecule has 4 aliphatic rings. The second-order valence-corrected chi connectivity index (χ2v) is 17.9. The van der Waals surface area contributed by atoms with E-state index in [0.29, 0.717) is 25.7 Å². The summed E-state index contributed by atoms with van der Waals surface area (Å²) < 4.78 is 29.2. The fourth-order valence-electron chi connectivity index (χ4n) is 8.84. The highest BCUT2D eigenvalue weighted by atomic mass is 35.5. The van der Waals surface area contributed by atoms with Crippen LogP contribution in [0.2, 0.25) is 0 Å². The molecule has 0 aliphatic carbocycles. The number of nitrogens with zero attached hydrogens (tertiary/aromatic N) is 2. The Labute approximate surface area is 384 Å². The zero-order chi connectivity index (χ0) is 45.0. The highest BCUT2D eigenvalue weighted by molar-refractivity contribution is 5.85. The Morgan fingerprint density at radius 3 is 1.36 bits per heavy atom. The van der Waals surface area contributed by atoms with E-state index in [1.165, 1.54) is 11.1 Å². The van der Waals surface area contributed by atoms with Gasteiger partial charge >= 0.3 is 11.9 Å². The molecule has 4 heterocycles. The van der Waals surface area contributed by atoms with Gasteiger partial charge < -0.3 is 33.9 Å². The number of carboxylic acids is 1. The summed E-state index contributed by atoms with van der Waals surface area (Å²) in [6.07, 6.45) is 3.75. The lowest BCUT2D eigenvalue weighted by Gasteiger charge is -2.39. The van der Waals surface area contributed by atoms with Crippen molar-refractivity contribution < 1.29 is 48.3 Å². The van der Waals surface area contributed by atoms with Crippen molar-refractivity contribution in [3.63, 3.8) is 0 Å². The summed E-state index contributed by atoms with van der Waals surface area (Å²) in [6, 6.07) is 32.8. The van der Waals surface area contributed by atoms with Crippen LogP contribution in [-0.2, 0) is 32.2 Å². The number of halogens is 1. The maximum atomic E-state index is 12.3. The summed E-state index contributed by atoms with van der Waals surface area (Å²) in [5.41, 5.74) is 3.75. The van der Waals surface area contributed by atoms with E-state index in [1.54, 1.807) is 0 Å². The minimum atomic E-state index is -0.692. The number of carboxylic acid groups (broad SMARTS) is 2. The fourth-order valence-corrected chi connectivity index (χ4v) is 8.84. The van der Waals surface area contributed by atoms with Crippen LogP contribution in [0, 0.1) is 22.7 Å². The van der Waals surface area contributed by atoms with Gasteiger partial charge in [-0.25, -0.2) is 0 Å². The van der Waals surface area contributed by atoms with Gasteiger partial charge in [0.15, 0.2) is 35.2 Å². The maximum absolute atomic E-state index is 12.3. The van der Waals surface area contributed by atoms with Crippen LogP contribution in [0.1, 0.15) is 94.8 Å². The number of carbonyl (C=O) groups is 3. The number of hydrogen-bond donors (Lipinski definition) is 2. The van der Waals surface area contributed by atoms with Gasteiger partial charge in [0.2, 0.25) is 0 Å².